The summed E-state index contributed by atoms with van der Waals surface area (Å²) in [6.07, 6.45) is -0.152. The number of fused-ring (bicyclic) bond motifs is 1. The van der Waals surface area contributed by atoms with Crippen molar-refractivity contribution >= 4 is 20.9 Å². The van der Waals surface area contributed by atoms with Crippen LogP contribution in [-0.4, -0.2) is 26.1 Å². The molecule has 1 aliphatic rings. The quantitative estimate of drug-likeness (QED) is 0.430. The third-order valence-corrected chi connectivity index (χ3v) is 6.93. The topological polar surface area (TPSA) is 88.3 Å². The van der Waals surface area contributed by atoms with Gasteiger partial charge in [0.05, 0.1) is 10.5 Å². The van der Waals surface area contributed by atoms with Crippen molar-refractivity contribution in [1.82, 2.24) is 9.71 Å². The fourth-order valence-electron chi connectivity index (χ4n) is 3.85. The van der Waals surface area contributed by atoms with E-state index >= 15 is 0 Å². The van der Waals surface area contributed by atoms with Crippen LogP contribution in [0.25, 0.3) is 10.9 Å². The first-order valence-corrected chi connectivity index (χ1v) is 12.1. The number of aromatic nitrogens is 1. The van der Waals surface area contributed by atoms with Gasteiger partial charge in [0.15, 0.2) is 0 Å². The van der Waals surface area contributed by atoms with E-state index in [0.717, 1.165) is 0 Å². The summed E-state index contributed by atoms with van der Waals surface area (Å²) in [5.41, 5.74) is -0.673. The summed E-state index contributed by atoms with van der Waals surface area (Å²) in [6.45, 7) is -3.03. The number of hydrogen-bond acceptors (Lipinski definition) is 4. The predicted octanol–water partition coefficient (Wildman–Crippen LogP) is 4.87. The van der Waals surface area contributed by atoms with Gasteiger partial charge < -0.3 is 9.72 Å². The largest absolute Gasteiger partial charge is 0.435 e. The molecule has 4 rings (SSSR count). The first-order valence-electron chi connectivity index (χ1n) is 10.6. The molecule has 0 amide bonds. The van der Waals surface area contributed by atoms with Gasteiger partial charge in [0.2, 0.25) is 15.6 Å². The summed E-state index contributed by atoms with van der Waals surface area (Å²) >= 11 is 0. The Kier molecular flexibility index (Phi) is 7.01. The lowest BCUT2D eigenvalue weighted by Crippen LogP contribution is -2.34. The summed E-state index contributed by atoms with van der Waals surface area (Å²) in [4.78, 5) is 13.9. The maximum absolute atomic E-state index is 13.4. The molecule has 0 bridgehead atoms. The molecule has 1 unspecified atom stereocenters. The first kappa shape index (κ1) is 25.6. The van der Waals surface area contributed by atoms with Crippen molar-refractivity contribution in [3.8, 4) is 0 Å². The standard InChI is InChI=1S/C24H19F5N2O4S/c25-23(26)35-17-3-1-2-16(12-17)31-36(33,34)18-7-4-14(5-8-18)10-15-6-9-21-19(11-15)20(24(27,28)29)13-22(32)30-21/h1,3-9,11-13,16,23,31H,2,10H2,(H,30,32). The SMILES string of the molecule is O=c1cc(C(F)(F)F)c2cc(Cc3ccc(S(=O)(=O)NC4C=C(OC(F)F)C=CC4)cc3)ccc2[nH]1. The lowest BCUT2D eigenvalue weighted by Gasteiger charge is -2.18. The highest BCUT2D eigenvalue weighted by atomic mass is 32.2. The molecule has 0 spiro atoms. The third-order valence-electron chi connectivity index (χ3n) is 5.42. The number of pyridine rings is 1. The number of sulfonamides is 1. The Labute approximate surface area is 202 Å². The van der Waals surface area contributed by atoms with Gasteiger partial charge in [-0.15, -0.1) is 0 Å². The zero-order chi connectivity index (χ0) is 26.1. The van der Waals surface area contributed by atoms with E-state index < -0.39 is 40.0 Å². The number of alkyl halides is 5. The number of ether oxygens (including phenoxy) is 1. The van der Waals surface area contributed by atoms with Gasteiger partial charge in [-0.1, -0.05) is 24.3 Å². The van der Waals surface area contributed by atoms with Crippen molar-refractivity contribution in [2.45, 2.75) is 36.6 Å². The molecule has 0 aliphatic heterocycles. The van der Waals surface area contributed by atoms with Crippen LogP contribution < -0.4 is 10.3 Å². The predicted molar refractivity (Wildman–Crippen MR) is 122 cm³/mol. The van der Waals surface area contributed by atoms with E-state index in [1.165, 1.54) is 54.6 Å². The lowest BCUT2D eigenvalue weighted by atomic mass is 10.0. The highest BCUT2D eigenvalue weighted by Crippen LogP contribution is 2.33. The monoisotopic (exact) mass is 526 g/mol. The number of hydrogen-bond donors (Lipinski definition) is 2. The summed E-state index contributed by atoms with van der Waals surface area (Å²) in [5.74, 6) is -0.146. The number of rotatable bonds is 7. The minimum Gasteiger partial charge on any atom is -0.435 e. The van der Waals surface area contributed by atoms with Gasteiger partial charge >= 0.3 is 12.8 Å². The minimum atomic E-state index is -4.70. The highest BCUT2D eigenvalue weighted by molar-refractivity contribution is 7.89. The number of allylic oxidation sites excluding steroid dienone is 1. The molecule has 2 N–H and O–H groups in total. The molecular formula is C24H19F5N2O4S. The van der Waals surface area contributed by atoms with Crippen LogP contribution in [0.5, 0.6) is 0 Å². The molecule has 1 atom stereocenters. The number of H-pyrrole nitrogens is 1. The Bertz CT molecular complexity index is 1490. The molecule has 1 aromatic heterocycles. The molecule has 0 saturated heterocycles. The summed E-state index contributed by atoms with van der Waals surface area (Å²) in [5, 5.41) is -0.146. The summed E-state index contributed by atoms with van der Waals surface area (Å²) in [7, 11) is -3.99. The van der Waals surface area contributed by atoms with Gasteiger partial charge in [-0.05, 0) is 60.4 Å². The van der Waals surface area contributed by atoms with Crippen LogP contribution in [0.3, 0.4) is 0 Å². The van der Waals surface area contributed by atoms with E-state index in [1.807, 2.05) is 0 Å². The number of nitrogens with one attached hydrogen (secondary N) is 2. The molecule has 1 heterocycles. The lowest BCUT2D eigenvalue weighted by molar-refractivity contribution is -0.136. The number of benzene rings is 2. The zero-order valence-electron chi connectivity index (χ0n) is 18.4. The molecule has 0 saturated carbocycles. The third kappa shape index (κ3) is 6.00. The fourth-order valence-corrected chi connectivity index (χ4v) is 5.04. The average molecular weight is 526 g/mol. The van der Waals surface area contributed by atoms with E-state index in [4.69, 9.17) is 0 Å². The first-order chi connectivity index (χ1) is 16.9. The Morgan fingerprint density at radius 2 is 1.75 bits per heavy atom. The molecule has 190 valence electrons. The number of halogens is 5. The van der Waals surface area contributed by atoms with Gasteiger partial charge in [0.1, 0.15) is 5.76 Å². The van der Waals surface area contributed by atoms with Gasteiger partial charge in [0.25, 0.3) is 0 Å². The molecule has 1 aliphatic carbocycles. The van der Waals surface area contributed by atoms with Gasteiger partial charge in [-0.25, -0.2) is 13.1 Å². The van der Waals surface area contributed by atoms with Crippen molar-refractivity contribution < 1.29 is 35.1 Å². The summed E-state index contributed by atoms with van der Waals surface area (Å²) < 4.78 is 97.1. The van der Waals surface area contributed by atoms with E-state index in [2.05, 4.69) is 14.4 Å². The second kappa shape index (κ2) is 9.86. The minimum absolute atomic E-state index is 0.0554. The van der Waals surface area contributed by atoms with E-state index in [1.54, 1.807) is 6.07 Å². The average Bonchev–Trinajstić information content (AvgIpc) is 2.78. The van der Waals surface area contributed by atoms with Gasteiger partial charge in [-0.3, -0.25) is 4.79 Å². The smallest absolute Gasteiger partial charge is 0.417 e. The van der Waals surface area contributed by atoms with Crippen LogP contribution in [0, 0.1) is 0 Å². The number of aromatic amines is 1. The molecule has 3 aromatic rings. The highest BCUT2D eigenvalue weighted by Gasteiger charge is 2.33. The maximum Gasteiger partial charge on any atom is 0.417 e. The second-order valence-electron chi connectivity index (χ2n) is 8.06. The van der Waals surface area contributed by atoms with Crippen molar-refractivity contribution in [1.29, 1.82) is 0 Å². The van der Waals surface area contributed by atoms with Crippen LogP contribution in [0.1, 0.15) is 23.1 Å². The molecule has 6 nitrogen and oxygen atoms in total. The molecule has 0 radical (unpaired) electrons. The molecule has 0 fully saturated rings. The van der Waals surface area contributed by atoms with Gasteiger partial charge in [-0.2, -0.15) is 22.0 Å². The normalized spacial score (nSPS) is 16.4. The Hall–Kier alpha value is -3.51. The van der Waals surface area contributed by atoms with Gasteiger partial charge in [0, 0.05) is 23.0 Å². The van der Waals surface area contributed by atoms with Crippen molar-refractivity contribution in [2.24, 2.45) is 0 Å². The maximum atomic E-state index is 13.4. The molecule has 36 heavy (non-hydrogen) atoms. The van der Waals surface area contributed by atoms with E-state index in [9.17, 15) is 35.2 Å². The van der Waals surface area contributed by atoms with Crippen LogP contribution in [-0.2, 0) is 27.4 Å². The summed E-state index contributed by atoms with van der Waals surface area (Å²) in [6, 6.07) is 9.78. The van der Waals surface area contributed by atoms with E-state index in [0.29, 0.717) is 17.2 Å². The van der Waals surface area contributed by atoms with Crippen molar-refractivity contribution in [2.75, 3.05) is 0 Å². The second-order valence-corrected chi connectivity index (χ2v) is 9.77. The van der Waals surface area contributed by atoms with E-state index in [-0.39, 0.29) is 34.4 Å². The van der Waals surface area contributed by atoms with Crippen LogP contribution in [0.15, 0.2) is 82.2 Å². The zero-order valence-corrected chi connectivity index (χ0v) is 19.2. The molecule has 2 aromatic carbocycles. The Morgan fingerprint density at radius 1 is 1.06 bits per heavy atom. The van der Waals surface area contributed by atoms with Crippen LogP contribution >= 0.6 is 0 Å². The molecular weight excluding hydrogens is 507 g/mol. The van der Waals surface area contributed by atoms with Crippen molar-refractivity contribution in [3.63, 3.8) is 0 Å². The van der Waals surface area contributed by atoms with Crippen LogP contribution in [0.2, 0.25) is 0 Å². The fraction of sp³-hybridized carbons (Fsp3) is 0.208. The Balaban J connectivity index is 1.52. The Morgan fingerprint density at radius 3 is 2.42 bits per heavy atom. The molecule has 12 heteroatoms. The van der Waals surface area contributed by atoms with Crippen LogP contribution in [0.4, 0.5) is 22.0 Å². The van der Waals surface area contributed by atoms with Crippen molar-refractivity contribution in [3.05, 3.63) is 99.6 Å².